The summed E-state index contributed by atoms with van der Waals surface area (Å²) < 4.78 is 5.91. The smallest absolute Gasteiger partial charge is 0.321 e. The number of imidazole rings is 1. The number of fused-ring (bicyclic) bond motifs is 1. The number of urea groups is 1. The van der Waals surface area contributed by atoms with Crippen molar-refractivity contribution in [1.82, 2.24) is 15.3 Å². The van der Waals surface area contributed by atoms with E-state index < -0.39 is 0 Å². The molecular formula is C19H22N4O2. The highest BCUT2D eigenvalue weighted by Crippen LogP contribution is 2.32. The number of aromatic nitrogens is 2. The van der Waals surface area contributed by atoms with Gasteiger partial charge in [-0.25, -0.2) is 9.78 Å². The molecule has 2 aromatic carbocycles. The van der Waals surface area contributed by atoms with E-state index in [2.05, 4.69) is 20.6 Å². The molecule has 1 heterocycles. The number of ether oxygens (including phenoxy) is 1. The second kappa shape index (κ2) is 7.25. The van der Waals surface area contributed by atoms with Gasteiger partial charge in [-0.15, -0.1) is 0 Å². The highest BCUT2D eigenvalue weighted by Gasteiger charge is 2.11. The van der Waals surface area contributed by atoms with Gasteiger partial charge in [-0.1, -0.05) is 24.3 Å². The van der Waals surface area contributed by atoms with Crippen LogP contribution in [0.3, 0.4) is 0 Å². The molecule has 0 spiro atoms. The van der Waals surface area contributed by atoms with Crippen LogP contribution in [0.15, 0.2) is 42.5 Å². The van der Waals surface area contributed by atoms with E-state index in [0.29, 0.717) is 12.5 Å². The van der Waals surface area contributed by atoms with E-state index in [1.54, 1.807) is 0 Å². The normalized spacial score (nSPS) is 10.9. The zero-order valence-electron chi connectivity index (χ0n) is 14.6. The summed E-state index contributed by atoms with van der Waals surface area (Å²) in [7, 11) is 0. The molecule has 0 radical (unpaired) electrons. The van der Waals surface area contributed by atoms with Crippen molar-refractivity contribution in [2.24, 2.45) is 0 Å². The Morgan fingerprint density at radius 1 is 1.24 bits per heavy atom. The van der Waals surface area contributed by atoms with Crippen molar-refractivity contribution in [1.29, 1.82) is 0 Å². The van der Waals surface area contributed by atoms with Gasteiger partial charge in [-0.2, -0.15) is 0 Å². The number of nitrogens with one attached hydrogen (secondary N) is 3. The minimum atomic E-state index is -0.280. The molecule has 25 heavy (non-hydrogen) atoms. The minimum Gasteiger partial charge on any atom is -0.490 e. The minimum absolute atomic E-state index is 0.102. The fourth-order valence-corrected chi connectivity index (χ4v) is 2.61. The number of rotatable bonds is 5. The molecule has 0 saturated carbocycles. The van der Waals surface area contributed by atoms with Crippen molar-refractivity contribution in [2.45, 2.75) is 26.9 Å². The van der Waals surface area contributed by atoms with E-state index in [0.717, 1.165) is 27.9 Å². The Balaban J connectivity index is 1.93. The molecule has 3 aromatic rings. The fourth-order valence-electron chi connectivity index (χ4n) is 2.61. The van der Waals surface area contributed by atoms with Crippen molar-refractivity contribution in [2.75, 3.05) is 11.9 Å². The molecule has 0 aliphatic carbocycles. The van der Waals surface area contributed by atoms with Crippen LogP contribution in [-0.4, -0.2) is 28.6 Å². The lowest BCUT2D eigenvalue weighted by Gasteiger charge is -2.14. The van der Waals surface area contributed by atoms with Crippen LogP contribution in [0.1, 0.15) is 20.8 Å². The molecule has 0 saturated heterocycles. The SMILES string of the molecule is CCNC(=O)Nc1nc2ccc(-c3ccccc3OC(C)C)cc2[nH]1. The predicted molar refractivity (Wildman–Crippen MR) is 100.0 cm³/mol. The Morgan fingerprint density at radius 3 is 2.80 bits per heavy atom. The lowest BCUT2D eigenvalue weighted by atomic mass is 10.0. The van der Waals surface area contributed by atoms with Crippen LogP contribution in [-0.2, 0) is 0 Å². The molecule has 0 bridgehead atoms. The van der Waals surface area contributed by atoms with Gasteiger partial charge in [0.15, 0.2) is 0 Å². The summed E-state index contributed by atoms with van der Waals surface area (Å²) in [4.78, 5) is 19.1. The number of carbonyl (C=O) groups excluding carboxylic acids is 1. The largest absolute Gasteiger partial charge is 0.490 e. The summed E-state index contributed by atoms with van der Waals surface area (Å²) in [6, 6.07) is 13.6. The average molecular weight is 338 g/mol. The molecule has 6 nitrogen and oxygen atoms in total. The molecule has 6 heteroatoms. The monoisotopic (exact) mass is 338 g/mol. The van der Waals surface area contributed by atoms with Crippen molar-refractivity contribution >= 4 is 23.0 Å². The molecule has 0 aliphatic rings. The maximum absolute atomic E-state index is 11.6. The Kier molecular flexibility index (Phi) is 4.88. The molecule has 3 N–H and O–H groups in total. The van der Waals surface area contributed by atoms with Gasteiger partial charge in [0.1, 0.15) is 5.75 Å². The summed E-state index contributed by atoms with van der Waals surface area (Å²) in [5, 5.41) is 5.36. The van der Waals surface area contributed by atoms with Gasteiger partial charge in [0.05, 0.1) is 17.1 Å². The van der Waals surface area contributed by atoms with Gasteiger partial charge in [0.25, 0.3) is 0 Å². The van der Waals surface area contributed by atoms with E-state index in [1.807, 2.05) is 63.2 Å². The van der Waals surface area contributed by atoms with Gasteiger partial charge in [0.2, 0.25) is 5.95 Å². The second-order valence-corrected chi connectivity index (χ2v) is 5.96. The van der Waals surface area contributed by atoms with E-state index in [1.165, 1.54) is 0 Å². The number of nitrogens with zero attached hydrogens (tertiary/aromatic N) is 1. The number of H-pyrrole nitrogens is 1. The molecule has 0 unspecified atom stereocenters. The predicted octanol–water partition coefficient (Wildman–Crippen LogP) is 4.16. The molecule has 0 fully saturated rings. The Bertz CT molecular complexity index is 886. The molecule has 0 aliphatic heterocycles. The lowest BCUT2D eigenvalue weighted by molar-refractivity contribution is 0.243. The van der Waals surface area contributed by atoms with Gasteiger partial charge in [-0.3, -0.25) is 5.32 Å². The van der Waals surface area contributed by atoms with Gasteiger partial charge in [-0.05, 0) is 44.5 Å². The molecular weight excluding hydrogens is 316 g/mol. The van der Waals surface area contributed by atoms with E-state index >= 15 is 0 Å². The highest BCUT2D eigenvalue weighted by molar-refractivity contribution is 5.91. The van der Waals surface area contributed by atoms with Crippen molar-refractivity contribution < 1.29 is 9.53 Å². The summed E-state index contributed by atoms with van der Waals surface area (Å²) in [6.07, 6.45) is 0.102. The third-order valence-corrected chi connectivity index (χ3v) is 3.61. The van der Waals surface area contributed by atoms with Crippen LogP contribution in [0, 0.1) is 0 Å². The number of amides is 2. The first-order valence-electron chi connectivity index (χ1n) is 8.37. The van der Waals surface area contributed by atoms with Crippen LogP contribution in [0.5, 0.6) is 5.75 Å². The molecule has 130 valence electrons. The van der Waals surface area contributed by atoms with Crippen LogP contribution in [0.4, 0.5) is 10.7 Å². The second-order valence-electron chi connectivity index (χ2n) is 5.96. The van der Waals surface area contributed by atoms with Crippen LogP contribution >= 0.6 is 0 Å². The number of hydrogen-bond acceptors (Lipinski definition) is 3. The van der Waals surface area contributed by atoms with Crippen molar-refractivity contribution in [3.8, 4) is 16.9 Å². The average Bonchev–Trinajstić information content (AvgIpc) is 2.96. The number of benzene rings is 2. The first-order chi connectivity index (χ1) is 12.1. The lowest BCUT2D eigenvalue weighted by Crippen LogP contribution is -2.28. The van der Waals surface area contributed by atoms with Gasteiger partial charge in [0, 0.05) is 12.1 Å². The summed E-state index contributed by atoms with van der Waals surface area (Å²) in [6.45, 7) is 6.44. The number of anilines is 1. The Hall–Kier alpha value is -3.02. The van der Waals surface area contributed by atoms with Crippen molar-refractivity contribution in [3.05, 3.63) is 42.5 Å². The first kappa shape index (κ1) is 16.8. The zero-order chi connectivity index (χ0) is 17.8. The quantitative estimate of drug-likeness (QED) is 0.653. The van der Waals surface area contributed by atoms with Crippen LogP contribution in [0.2, 0.25) is 0 Å². The van der Waals surface area contributed by atoms with E-state index in [9.17, 15) is 4.79 Å². The number of para-hydroxylation sites is 1. The fraction of sp³-hybridized carbons (Fsp3) is 0.263. The summed E-state index contributed by atoms with van der Waals surface area (Å²) in [5.74, 6) is 1.27. The Labute approximate surface area is 146 Å². The molecule has 0 atom stereocenters. The maximum atomic E-state index is 11.6. The molecule has 2 amide bonds. The standard InChI is InChI=1S/C19H22N4O2/c1-4-20-19(24)23-18-21-15-10-9-13(11-16(15)22-18)14-7-5-6-8-17(14)25-12(2)3/h5-12H,4H2,1-3H3,(H3,20,21,22,23,24). The number of aromatic amines is 1. The maximum Gasteiger partial charge on any atom is 0.321 e. The number of hydrogen-bond donors (Lipinski definition) is 3. The Morgan fingerprint density at radius 2 is 2.04 bits per heavy atom. The van der Waals surface area contributed by atoms with Crippen LogP contribution < -0.4 is 15.4 Å². The topological polar surface area (TPSA) is 79.0 Å². The van der Waals surface area contributed by atoms with E-state index in [4.69, 9.17) is 4.74 Å². The summed E-state index contributed by atoms with van der Waals surface area (Å²) in [5.41, 5.74) is 3.68. The number of carbonyl (C=O) groups is 1. The first-order valence-corrected chi connectivity index (χ1v) is 8.37. The summed E-state index contributed by atoms with van der Waals surface area (Å²) >= 11 is 0. The molecule has 3 rings (SSSR count). The third-order valence-electron chi connectivity index (χ3n) is 3.61. The van der Waals surface area contributed by atoms with Gasteiger partial charge >= 0.3 is 6.03 Å². The molecule has 1 aromatic heterocycles. The van der Waals surface area contributed by atoms with Crippen LogP contribution in [0.25, 0.3) is 22.2 Å². The van der Waals surface area contributed by atoms with E-state index in [-0.39, 0.29) is 12.1 Å². The zero-order valence-corrected chi connectivity index (χ0v) is 14.6. The highest BCUT2D eigenvalue weighted by atomic mass is 16.5. The van der Waals surface area contributed by atoms with Gasteiger partial charge < -0.3 is 15.0 Å². The van der Waals surface area contributed by atoms with Crippen molar-refractivity contribution in [3.63, 3.8) is 0 Å². The third kappa shape index (κ3) is 3.91.